The van der Waals surface area contributed by atoms with E-state index in [1.807, 2.05) is 12.1 Å². The van der Waals surface area contributed by atoms with Gasteiger partial charge in [0.05, 0.1) is 19.7 Å². The predicted molar refractivity (Wildman–Crippen MR) is 103 cm³/mol. The van der Waals surface area contributed by atoms with E-state index in [1.54, 1.807) is 7.11 Å². The van der Waals surface area contributed by atoms with Gasteiger partial charge in [-0.05, 0) is 56.5 Å². The number of benzene rings is 1. The second kappa shape index (κ2) is 9.09. The molecule has 0 aliphatic carbocycles. The minimum absolute atomic E-state index is 0.305. The molecule has 0 amide bonds. The number of nitrogens with two attached hydrogens (primary N) is 1. The van der Waals surface area contributed by atoms with Gasteiger partial charge in [-0.1, -0.05) is 25.0 Å². The van der Waals surface area contributed by atoms with Gasteiger partial charge in [0, 0.05) is 13.1 Å². The molecular weight excluding hydrogens is 312 g/mol. The normalized spacial score (nSPS) is 21.2. The molecule has 2 fully saturated rings. The van der Waals surface area contributed by atoms with Gasteiger partial charge in [0.25, 0.3) is 0 Å². The van der Waals surface area contributed by atoms with Crippen LogP contribution in [0.5, 0.6) is 5.75 Å². The van der Waals surface area contributed by atoms with Crippen LogP contribution in [0.3, 0.4) is 0 Å². The fraction of sp³-hybridized carbons (Fsp3) is 0.650. The van der Waals surface area contributed by atoms with Crippen LogP contribution in [0, 0.1) is 0 Å². The number of aliphatic imine (C=N–C) groups is 1. The third-order valence-electron chi connectivity index (χ3n) is 5.44. The Balaban J connectivity index is 1.71. The van der Waals surface area contributed by atoms with E-state index < -0.39 is 0 Å². The van der Waals surface area contributed by atoms with Gasteiger partial charge in [0.1, 0.15) is 5.75 Å². The lowest BCUT2D eigenvalue weighted by Gasteiger charge is -2.28. The molecule has 25 heavy (non-hydrogen) atoms. The summed E-state index contributed by atoms with van der Waals surface area (Å²) >= 11 is 0. The van der Waals surface area contributed by atoms with Gasteiger partial charge in [-0.25, -0.2) is 0 Å². The molecule has 2 saturated heterocycles. The molecule has 0 spiro atoms. The average molecular weight is 345 g/mol. The molecule has 0 aromatic heterocycles. The lowest BCUT2D eigenvalue weighted by atomic mass is 10.1. The van der Waals surface area contributed by atoms with E-state index in [0.717, 1.165) is 44.4 Å². The second-order valence-corrected chi connectivity index (χ2v) is 7.13. The Hall–Kier alpha value is -1.75. The van der Waals surface area contributed by atoms with Gasteiger partial charge >= 0.3 is 0 Å². The smallest absolute Gasteiger partial charge is 0.191 e. The zero-order valence-corrected chi connectivity index (χ0v) is 15.5. The van der Waals surface area contributed by atoms with Crippen molar-refractivity contribution in [2.24, 2.45) is 10.7 Å². The van der Waals surface area contributed by atoms with Gasteiger partial charge in [-0.2, -0.15) is 0 Å². The fourth-order valence-electron chi connectivity index (χ4n) is 3.89. The highest BCUT2D eigenvalue weighted by Crippen LogP contribution is 2.27. The van der Waals surface area contributed by atoms with Crippen molar-refractivity contribution in [2.45, 2.75) is 44.6 Å². The van der Waals surface area contributed by atoms with Crippen LogP contribution in [0.4, 0.5) is 0 Å². The van der Waals surface area contributed by atoms with E-state index in [-0.39, 0.29) is 0 Å². The number of ether oxygens (including phenoxy) is 1. The zero-order chi connectivity index (χ0) is 17.5. The van der Waals surface area contributed by atoms with Gasteiger partial charge in [0.2, 0.25) is 0 Å². The molecule has 1 unspecified atom stereocenters. The second-order valence-electron chi connectivity index (χ2n) is 7.13. The van der Waals surface area contributed by atoms with Crippen LogP contribution in [0.2, 0.25) is 0 Å². The molecule has 0 saturated carbocycles. The van der Waals surface area contributed by atoms with Crippen LogP contribution < -0.4 is 10.5 Å². The fourth-order valence-corrected chi connectivity index (χ4v) is 3.89. The summed E-state index contributed by atoms with van der Waals surface area (Å²) in [6.07, 6.45) is 7.63. The number of guanidine groups is 1. The SMILES string of the molecule is COc1ccc(C(CN=C(N)N2CCCCCC2)N2CCCC2)cc1. The maximum Gasteiger partial charge on any atom is 0.191 e. The van der Waals surface area contributed by atoms with Crippen LogP contribution in [0.15, 0.2) is 29.3 Å². The van der Waals surface area contributed by atoms with Crippen LogP contribution in [0.25, 0.3) is 0 Å². The van der Waals surface area contributed by atoms with Crippen molar-refractivity contribution in [2.75, 3.05) is 39.8 Å². The standard InChI is InChI=1S/C20H32N4O/c1-25-18-10-8-17(9-11-18)19(23-12-6-7-13-23)16-22-20(21)24-14-4-2-3-5-15-24/h8-11,19H,2-7,12-16H2,1H3,(H2,21,22). The largest absolute Gasteiger partial charge is 0.497 e. The van der Waals surface area contributed by atoms with Crippen molar-refractivity contribution in [3.63, 3.8) is 0 Å². The minimum atomic E-state index is 0.305. The van der Waals surface area contributed by atoms with E-state index in [0.29, 0.717) is 6.04 Å². The van der Waals surface area contributed by atoms with Crippen molar-refractivity contribution < 1.29 is 4.74 Å². The Morgan fingerprint density at radius 2 is 1.60 bits per heavy atom. The number of hydrogen-bond acceptors (Lipinski definition) is 3. The number of hydrogen-bond donors (Lipinski definition) is 1. The molecule has 1 aromatic rings. The van der Waals surface area contributed by atoms with Gasteiger partial charge in [0.15, 0.2) is 5.96 Å². The van der Waals surface area contributed by atoms with Gasteiger partial charge in [-0.3, -0.25) is 9.89 Å². The first-order valence-electron chi connectivity index (χ1n) is 9.71. The van der Waals surface area contributed by atoms with Gasteiger partial charge in [-0.15, -0.1) is 0 Å². The summed E-state index contributed by atoms with van der Waals surface area (Å²) in [5.41, 5.74) is 7.63. The molecule has 0 radical (unpaired) electrons. The Bertz CT molecular complexity index is 543. The summed E-state index contributed by atoms with van der Waals surface area (Å²) in [5.74, 6) is 1.62. The quantitative estimate of drug-likeness (QED) is 0.659. The monoisotopic (exact) mass is 344 g/mol. The lowest BCUT2D eigenvalue weighted by Crippen LogP contribution is -2.39. The summed E-state index contributed by atoms with van der Waals surface area (Å²) in [5, 5.41) is 0. The molecule has 1 atom stereocenters. The predicted octanol–water partition coefficient (Wildman–Crippen LogP) is 3.02. The molecule has 5 nitrogen and oxygen atoms in total. The summed E-state index contributed by atoms with van der Waals surface area (Å²) in [7, 11) is 1.71. The van der Waals surface area contributed by atoms with Crippen LogP contribution in [-0.2, 0) is 0 Å². The Morgan fingerprint density at radius 3 is 2.20 bits per heavy atom. The molecule has 1 aromatic carbocycles. The zero-order valence-electron chi connectivity index (χ0n) is 15.5. The average Bonchev–Trinajstić information content (AvgIpc) is 3.03. The Morgan fingerprint density at radius 1 is 1.00 bits per heavy atom. The molecule has 138 valence electrons. The summed E-state index contributed by atoms with van der Waals surface area (Å²) < 4.78 is 5.30. The first-order chi connectivity index (χ1) is 12.3. The van der Waals surface area contributed by atoms with Crippen LogP contribution >= 0.6 is 0 Å². The maximum atomic E-state index is 6.33. The summed E-state index contributed by atoms with van der Waals surface area (Å²) in [4.78, 5) is 9.61. The molecule has 5 heteroatoms. The number of nitrogens with zero attached hydrogens (tertiary/aromatic N) is 3. The lowest BCUT2D eigenvalue weighted by molar-refractivity contribution is 0.251. The van der Waals surface area contributed by atoms with Crippen molar-refractivity contribution in [1.82, 2.24) is 9.80 Å². The molecule has 2 N–H and O–H groups in total. The molecule has 2 aliphatic heterocycles. The molecule has 0 bridgehead atoms. The highest BCUT2D eigenvalue weighted by Gasteiger charge is 2.23. The van der Waals surface area contributed by atoms with Crippen LogP contribution in [-0.4, -0.2) is 55.6 Å². The van der Waals surface area contributed by atoms with E-state index >= 15 is 0 Å². The van der Waals surface area contributed by atoms with Crippen LogP contribution in [0.1, 0.15) is 50.1 Å². The first kappa shape index (κ1) is 18.1. The highest BCUT2D eigenvalue weighted by molar-refractivity contribution is 5.78. The maximum absolute atomic E-state index is 6.33. The topological polar surface area (TPSA) is 54.1 Å². The first-order valence-corrected chi connectivity index (χ1v) is 9.71. The number of methoxy groups -OCH3 is 1. The van der Waals surface area contributed by atoms with Crippen molar-refractivity contribution >= 4 is 5.96 Å². The number of likely N-dealkylation sites (tertiary alicyclic amines) is 2. The van der Waals surface area contributed by atoms with Crippen molar-refractivity contribution in [1.29, 1.82) is 0 Å². The van der Waals surface area contributed by atoms with E-state index in [4.69, 9.17) is 15.5 Å². The summed E-state index contributed by atoms with van der Waals surface area (Å²) in [6.45, 7) is 5.12. The van der Waals surface area contributed by atoms with E-state index in [2.05, 4.69) is 21.9 Å². The number of rotatable bonds is 5. The molecule has 3 rings (SSSR count). The molecular formula is C20H32N4O. The highest BCUT2D eigenvalue weighted by atomic mass is 16.5. The molecule has 2 heterocycles. The minimum Gasteiger partial charge on any atom is -0.497 e. The Labute approximate surface area is 151 Å². The third-order valence-corrected chi connectivity index (χ3v) is 5.44. The van der Waals surface area contributed by atoms with E-state index in [1.165, 1.54) is 44.1 Å². The molecule has 2 aliphatic rings. The van der Waals surface area contributed by atoms with Gasteiger partial charge < -0.3 is 15.4 Å². The Kier molecular flexibility index (Phi) is 6.56. The van der Waals surface area contributed by atoms with Crippen molar-refractivity contribution in [3.05, 3.63) is 29.8 Å². The van der Waals surface area contributed by atoms with E-state index in [9.17, 15) is 0 Å². The summed E-state index contributed by atoms with van der Waals surface area (Å²) in [6, 6.07) is 8.72. The third kappa shape index (κ3) is 4.88. The van der Waals surface area contributed by atoms with Crippen molar-refractivity contribution in [3.8, 4) is 5.75 Å².